The van der Waals surface area contributed by atoms with E-state index in [9.17, 15) is 10.2 Å². The van der Waals surface area contributed by atoms with Crippen LogP contribution in [-0.4, -0.2) is 21.9 Å². The van der Waals surface area contributed by atoms with Crippen molar-refractivity contribution in [1.82, 2.24) is 0 Å². The fraction of sp³-hybridized carbons (Fsp3) is 1.00. The highest BCUT2D eigenvalue weighted by atomic mass is 16.3. The van der Waals surface area contributed by atoms with Crippen LogP contribution in [-0.2, 0) is 0 Å². The fourth-order valence-electron chi connectivity index (χ4n) is 9.19. The maximum Gasteiger partial charge on any atom is 0.0648 e. The summed E-state index contributed by atoms with van der Waals surface area (Å²) < 4.78 is 0. The molecule has 2 heteroatoms. The lowest BCUT2D eigenvalue weighted by Crippen LogP contribution is -2.56. The van der Waals surface area contributed by atoms with Crippen molar-refractivity contribution in [2.45, 2.75) is 117 Å². The predicted molar refractivity (Wildman–Crippen MR) is 116 cm³/mol. The lowest BCUT2D eigenvalue weighted by molar-refractivity contribution is -0.154. The second-order valence-electron chi connectivity index (χ2n) is 12.0. The molecule has 0 aliphatic heterocycles. The average molecular weight is 391 g/mol. The van der Waals surface area contributed by atoms with Gasteiger partial charge in [0.25, 0.3) is 0 Å². The lowest BCUT2D eigenvalue weighted by Gasteiger charge is -2.62. The Labute approximate surface area is 173 Å². The third-order valence-corrected chi connectivity index (χ3v) is 11.2. The van der Waals surface area contributed by atoms with Crippen molar-refractivity contribution < 1.29 is 10.2 Å². The van der Waals surface area contributed by atoms with Gasteiger partial charge in [-0.15, -0.1) is 0 Å². The monoisotopic (exact) mass is 390 g/mol. The second kappa shape index (κ2) is 7.26. The third-order valence-electron chi connectivity index (χ3n) is 11.2. The van der Waals surface area contributed by atoms with E-state index in [4.69, 9.17) is 0 Å². The van der Waals surface area contributed by atoms with E-state index in [1.54, 1.807) is 0 Å². The van der Waals surface area contributed by atoms with Crippen LogP contribution < -0.4 is 0 Å². The van der Waals surface area contributed by atoms with E-state index in [2.05, 4.69) is 34.6 Å². The SMILES string of the molecule is CC[C@H](O)[C@@H](C)[C@H]1CC[C@H]2[C@@H]3CC[C@H]4C[C@](O)(CC)CC[C@]4(C)[C@H]3CC[C@]12C. The van der Waals surface area contributed by atoms with Gasteiger partial charge >= 0.3 is 0 Å². The van der Waals surface area contributed by atoms with Crippen LogP contribution in [0.15, 0.2) is 0 Å². The first-order valence-corrected chi connectivity index (χ1v) is 12.6. The summed E-state index contributed by atoms with van der Waals surface area (Å²) in [5.41, 5.74) is 0.515. The lowest BCUT2D eigenvalue weighted by atomic mass is 9.43. The largest absolute Gasteiger partial charge is 0.393 e. The first-order chi connectivity index (χ1) is 13.2. The summed E-state index contributed by atoms with van der Waals surface area (Å²) in [7, 11) is 0. The second-order valence-corrected chi connectivity index (χ2v) is 12.0. The molecule has 0 radical (unpaired) electrons. The van der Waals surface area contributed by atoms with Gasteiger partial charge in [0.15, 0.2) is 0 Å². The first-order valence-electron chi connectivity index (χ1n) is 12.6. The molecule has 0 amide bonds. The molecule has 0 spiro atoms. The molecule has 4 aliphatic carbocycles. The van der Waals surface area contributed by atoms with Gasteiger partial charge < -0.3 is 10.2 Å². The summed E-state index contributed by atoms with van der Waals surface area (Å²) in [6.45, 7) is 11.8. The van der Waals surface area contributed by atoms with E-state index in [-0.39, 0.29) is 11.7 Å². The van der Waals surface area contributed by atoms with Crippen LogP contribution in [0.5, 0.6) is 0 Å². The molecule has 4 fully saturated rings. The summed E-state index contributed by atoms with van der Waals surface area (Å²) in [5, 5.41) is 21.5. The van der Waals surface area contributed by atoms with Crippen molar-refractivity contribution in [3.63, 3.8) is 0 Å². The molecule has 162 valence electrons. The molecule has 2 nitrogen and oxygen atoms in total. The zero-order chi connectivity index (χ0) is 20.3. The number of aliphatic hydroxyl groups is 2. The van der Waals surface area contributed by atoms with Gasteiger partial charge in [-0.3, -0.25) is 0 Å². The van der Waals surface area contributed by atoms with Crippen molar-refractivity contribution in [2.24, 2.45) is 46.3 Å². The highest BCUT2D eigenvalue weighted by Gasteiger charge is 2.61. The topological polar surface area (TPSA) is 40.5 Å². The summed E-state index contributed by atoms with van der Waals surface area (Å²) in [6, 6.07) is 0. The number of fused-ring (bicyclic) bond motifs is 5. The molecule has 2 N–H and O–H groups in total. The number of hydrogen-bond donors (Lipinski definition) is 2. The zero-order valence-corrected chi connectivity index (χ0v) is 19.2. The van der Waals surface area contributed by atoms with E-state index in [1.807, 2.05) is 0 Å². The van der Waals surface area contributed by atoms with Gasteiger partial charge in [-0.1, -0.05) is 34.6 Å². The Morgan fingerprint density at radius 3 is 2.29 bits per heavy atom. The summed E-state index contributed by atoms with van der Waals surface area (Å²) in [6.07, 6.45) is 13.2. The minimum absolute atomic E-state index is 0.128. The Morgan fingerprint density at radius 2 is 1.61 bits per heavy atom. The van der Waals surface area contributed by atoms with Gasteiger partial charge in [0, 0.05) is 0 Å². The van der Waals surface area contributed by atoms with E-state index in [0.29, 0.717) is 22.7 Å². The Kier molecular flexibility index (Phi) is 5.49. The maximum absolute atomic E-state index is 11.0. The molecule has 0 unspecified atom stereocenters. The van der Waals surface area contributed by atoms with Crippen molar-refractivity contribution in [2.75, 3.05) is 0 Å². The van der Waals surface area contributed by atoms with Crippen LogP contribution in [0.4, 0.5) is 0 Å². The molecule has 10 atom stereocenters. The Bertz CT molecular complexity index is 575. The minimum atomic E-state index is -0.385. The van der Waals surface area contributed by atoms with Gasteiger partial charge in [-0.05, 0) is 117 Å². The van der Waals surface area contributed by atoms with Gasteiger partial charge in [0.2, 0.25) is 0 Å². The molecule has 0 bridgehead atoms. The Balaban J connectivity index is 1.55. The third kappa shape index (κ3) is 3.03. The van der Waals surface area contributed by atoms with Gasteiger partial charge in [0.05, 0.1) is 11.7 Å². The first kappa shape index (κ1) is 21.2. The molecule has 0 heterocycles. The van der Waals surface area contributed by atoms with Crippen molar-refractivity contribution in [3.05, 3.63) is 0 Å². The van der Waals surface area contributed by atoms with Crippen LogP contribution >= 0.6 is 0 Å². The van der Waals surface area contributed by atoms with Crippen molar-refractivity contribution in [1.29, 1.82) is 0 Å². The smallest absolute Gasteiger partial charge is 0.0648 e. The number of rotatable bonds is 4. The molecule has 0 aromatic carbocycles. The van der Waals surface area contributed by atoms with Crippen LogP contribution in [0.1, 0.15) is 105 Å². The van der Waals surface area contributed by atoms with Crippen molar-refractivity contribution in [3.8, 4) is 0 Å². The Morgan fingerprint density at radius 1 is 0.893 bits per heavy atom. The van der Waals surface area contributed by atoms with Crippen LogP contribution in [0, 0.1) is 46.3 Å². The van der Waals surface area contributed by atoms with Crippen LogP contribution in [0.25, 0.3) is 0 Å². The predicted octanol–water partition coefficient (Wildman–Crippen LogP) is 6.19. The highest BCUT2D eigenvalue weighted by Crippen LogP contribution is 2.69. The quantitative estimate of drug-likeness (QED) is 0.600. The summed E-state index contributed by atoms with van der Waals surface area (Å²) in [5.74, 6) is 4.51. The molecule has 28 heavy (non-hydrogen) atoms. The molecule has 0 aromatic heterocycles. The van der Waals surface area contributed by atoms with Crippen LogP contribution in [0.3, 0.4) is 0 Å². The van der Waals surface area contributed by atoms with E-state index >= 15 is 0 Å². The molecule has 0 aromatic rings. The normalized spacial score (nSPS) is 53.0. The molecular formula is C26H46O2. The highest BCUT2D eigenvalue weighted by molar-refractivity contribution is 5.11. The maximum atomic E-state index is 11.0. The Hall–Kier alpha value is -0.0800. The zero-order valence-electron chi connectivity index (χ0n) is 19.2. The molecule has 4 aliphatic rings. The van der Waals surface area contributed by atoms with Crippen molar-refractivity contribution >= 4 is 0 Å². The van der Waals surface area contributed by atoms with Gasteiger partial charge in [0.1, 0.15) is 0 Å². The van der Waals surface area contributed by atoms with Crippen LogP contribution in [0.2, 0.25) is 0 Å². The molecule has 4 saturated carbocycles. The van der Waals surface area contributed by atoms with E-state index in [0.717, 1.165) is 49.4 Å². The fourth-order valence-corrected chi connectivity index (χ4v) is 9.19. The minimum Gasteiger partial charge on any atom is -0.393 e. The molecule has 0 saturated heterocycles. The van der Waals surface area contributed by atoms with E-state index in [1.165, 1.54) is 44.9 Å². The number of hydrogen-bond acceptors (Lipinski definition) is 2. The van der Waals surface area contributed by atoms with Gasteiger partial charge in [-0.25, -0.2) is 0 Å². The van der Waals surface area contributed by atoms with E-state index < -0.39 is 0 Å². The summed E-state index contributed by atoms with van der Waals surface area (Å²) >= 11 is 0. The average Bonchev–Trinajstić information content (AvgIpc) is 3.04. The number of aliphatic hydroxyl groups excluding tert-OH is 1. The summed E-state index contributed by atoms with van der Waals surface area (Å²) in [4.78, 5) is 0. The molecular weight excluding hydrogens is 344 g/mol. The van der Waals surface area contributed by atoms with Gasteiger partial charge in [-0.2, -0.15) is 0 Å². The standard InChI is InChI=1S/C26H46O2/c1-6-23(27)17(3)20-10-11-21-19-9-8-18-16-26(28,7-2)15-14-24(18,4)22(19)12-13-25(20,21)5/h17-23,27-28H,6-16H2,1-5H3/t17-,18-,19-,20+,21-,22-,23-,24-,25+,26-/m0/s1. The molecule has 4 rings (SSSR count).